The van der Waals surface area contributed by atoms with Crippen molar-refractivity contribution in [2.45, 2.75) is 6.92 Å². The maximum Gasteiger partial charge on any atom is 0.262 e. The Morgan fingerprint density at radius 2 is 1.63 bits per heavy atom. The smallest absolute Gasteiger partial charge is 0.262 e. The molecule has 0 saturated carbocycles. The summed E-state index contributed by atoms with van der Waals surface area (Å²) in [5.74, 6) is 1.12. The first-order valence-electron chi connectivity index (χ1n) is 10.8. The van der Waals surface area contributed by atoms with Crippen molar-refractivity contribution in [3.8, 4) is 34.3 Å². The Hall–Kier alpha value is -4.46. The molecular weight excluding hydrogens is 450 g/mol. The number of hydrogen-bond donors (Lipinski definition) is 1. The number of fused-ring (bicyclic) bond motifs is 1. The van der Waals surface area contributed by atoms with Gasteiger partial charge in [0.2, 0.25) is 11.2 Å². The second-order valence-corrected chi connectivity index (χ2v) is 7.70. The van der Waals surface area contributed by atoms with Crippen LogP contribution in [0.4, 0.5) is 5.69 Å². The average Bonchev–Trinajstić information content (AvgIpc) is 2.87. The molecule has 35 heavy (non-hydrogen) atoms. The van der Waals surface area contributed by atoms with Crippen LogP contribution in [-0.4, -0.2) is 33.8 Å². The number of hydrogen-bond acceptors (Lipinski definition) is 7. The Morgan fingerprint density at radius 3 is 2.37 bits per heavy atom. The molecule has 8 heteroatoms. The van der Waals surface area contributed by atoms with E-state index in [1.54, 1.807) is 54.6 Å². The van der Waals surface area contributed by atoms with Crippen LogP contribution < -0.4 is 29.7 Å². The number of carbonyl (C=O) groups excluding carboxylic acids is 1. The number of ether oxygens (including phenoxy) is 4. The Labute approximate surface area is 202 Å². The molecule has 0 aliphatic heterocycles. The second-order valence-electron chi connectivity index (χ2n) is 7.70. The van der Waals surface area contributed by atoms with Crippen molar-refractivity contribution in [2.24, 2.45) is 0 Å². The highest BCUT2D eigenvalue weighted by Gasteiger charge is 2.21. The van der Waals surface area contributed by atoms with E-state index in [-0.39, 0.29) is 16.9 Å². The van der Waals surface area contributed by atoms with Crippen LogP contribution >= 0.6 is 0 Å². The molecule has 4 rings (SSSR count). The second kappa shape index (κ2) is 10.2. The van der Waals surface area contributed by atoms with Crippen LogP contribution in [0.2, 0.25) is 0 Å². The summed E-state index contributed by atoms with van der Waals surface area (Å²) < 4.78 is 27.9. The van der Waals surface area contributed by atoms with Gasteiger partial charge in [0.1, 0.15) is 11.3 Å². The topological polar surface area (TPSA) is 96.2 Å². The third kappa shape index (κ3) is 4.91. The zero-order chi connectivity index (χ0) is 24.9. The average molecular weight is 475 g/mol. The van der Waals surface area contributed by atoms with Crippen molar-refractivity contribution < 1.29 is 28.2 Å². The van der Waals surface area contributed by atoms with Gasteiger partial charge >= 0.3 is 0 Å². The number of para-hydroxylation sites is 2. The maximum atomic E-state index is 13.4. The zero-order valence-electron chi connectivity index (χ0n) is 19.8. The molecule has 0 spiro atoms. The number of anilines is 1. The van der Waals surface area contributed by atoms with Crippen LogP contribution in [0.15, 0.2) is 69.9 Å². The highest BCUT2D eigenvalue weighted by atomic mass is 16.5. The predicted molar refractivity (Wildman–Crippen MR) is 133 cm³/mol. The largest absolute Gasteiger partial charge is 0.495 e. The summed E-state index contributed by atoms with van der Waals surface area (Å²) in [6.45, 7) is 1.49. The molecule has 1 aromatic heterocycles. The van der Waals surface area contributed by atoms with E-state index in [4.69, 9.17) is 23.4 Å². The van der Waals surface area contributed by atoms with Crippen molar-refractivity contribution in [3.05, 3.63) is 76.5 Å². The van der Waals surface area contributed by atoms with Crippen LogP contribution in [0.3, 0.4) is 0 Å². The van der Waals surface area contributed by atoms with E-state index >= 15 is 0 Å². The summed E-state index contributed by atoms with van der Waals surface area (Å²) in [5.41, 5.74) is 1.98. The Morgan fingerprint density at radius 1 is 0.886 bits per heavy atom. The van der Waals surface area contributed by atoms with Crippen molar-refractivity contribution in [2.75, 3.05) is 33.3 Å². The molecule has 0 unspecified atom stereocenters. The minimum absolute atomic E-state index is 0.0799. The summed E-state index contributed by atoms with van der Waals surface area (Å²) >= 11 is 0. The Balaban J connectivity index is 1.73. The number of benzene rings is 3. The lowest BCUT2D eigenvalue weighted by Crippen LogP contribution is -2.23. The van der Waals surface area contributed by atoms with Crippen LogP contribution in [0.1, 0.15) is 5.56 Å². The summed E-state index contributed by atoms with van der Waals surface area (Å²) in [5, 5.41) is 3.08. The van der Waals surface area contributed by atoms with Gasteiger partial charge in [0.05, 0.1) is 32.4 Å². The molecule has 0 aliphatic rings. The van der Waals surface area contributed by atoms with Crippen LogP contribution in [0.5, 0.6) is 23.0 Å². The highest BCUT2D eigenvalue weighted by Crippen LogP contribution is 2.37. The number of methoxy groups -OCH3 is 3. The van der Waals surface area contributed by atoms with Gasteiger partial charge in [-0.25, -0.2) is 0 Å². The lowest BCUT2D eigenvalue weighted by Gasteiger charge is -2.14. The van der Waals surface area contributed by atoms with Gasteiger partial charge in [-0.05, 0) is 55.0 Å². The quantitative estimate of drug-likeness (QED) is 0.391. The first kappa shape index (κ1) is 23.7. The maximum absolute atomic E-state index is 13.4. The van der Waals surface area contributed by atoms with E-state index < -0.39 is 12.5 Å². The third-order valence-electron chi connectivity index (χ3n) is 5.38. The predicted octanol–water partition coefficient (Wildman–Crippen LogP) is 4.81. The fraction of sp³-hybridized carbons (Fsp3) is 0.185. The standard InChI is InChI=1S/C27H25NO7/c1-16-9-11-18-22(13-16)35-26(17-10-12-21(32-3)23(14-17)33-4)27(25(18)30)34-15-24(29)28-19-7-5-6-8-20(19)31-2/h5-14H,15H2,1-4H3,(H,28,29). The molecule has 3 aromatic carbocycles. The number of carbonyl (C=O) groups is 1. The molecule has 1 heterocycles. The third-order valence-corrected chi connectivity index (χ3v) is 5.38. The fourth-order valence-electron chi connectivity index (χ4n) is 3.65. The molecular formula is C27H25NO7. The van der Waals surface area contributed by atoms with Crippen LogP contribution in [0, 0.1) is 6.92 Å². The van der Waals surface area contributed by atoms with E-state index in [2.05, 4.69) is 5.32 Å². The van der Waals surface area contributed by atoms with Gasteiger partial charge in [-0.1, -0.05) is 18.2 Å². The van der Waals surface area contributed by atoms with Gasteiger partial charge in [0, 0.05) is 5.56 Å². The molecule has 8 nitrogen and oxygen atoms in total. The SMILES string of the molecule is COc1ccccc1NC(=O)COc1c(-c2ccc(OC)c(OC)c2)oc2cc(C)ccc2c1=O. The lowest BCUT2D eigenvalue weighted by molar-refractivity contribution is -0.118. The first-order valence-corrected chi connectivity index (χ1v) is 10.8. The molecule has 4 aromatic rings. The van der Waals surface area contributed by atoms with E-state index in [0.29, 0.717) is 39.5 Å². The van der Waals surface area contributed by atoms with Crippen molar-refractivity contribution in [1.29, 1.82) is 0 Å². The molecule has 180 valence electrons. The fourth-order valence-corrected chi connectivity index (χ4v) is 3.65. The van der Waals surface area contributed by atoms with Gasteiger partial charge in [0.25, 0.3) is 5.91 Å². The minimum Gasteiger partial charge on any atom is -0.495 e. The molecule has 1 amide bonds. The number of aryl methyl sites for hydroxylation is 1. The van der Waals surface area contributed by atoms with Gasteiger partial charge in [0.15, 0.2) is 23.9 Å². The molecule has 0 radical (unpaired) electrons. The van der Waals surface area contributed by atoms with Gasteiger partial charge < -0.3 is 28.7 Å². The van der Waals surface area contributed by atoms with Gasteiger partial charge in [-0.2, -0.15) is 0 Å². The molecule has 1 N–H and O–H groups in total. The van der Waals surface area contributed by atoms with E-state index in [1.807, 2.05) is 13.0 Å². The molecule has 0 fully saturated rings. The molecule has 0 saturated heterocycles. The van der Waals surface area contributed by atoms with E-state index in [0.717, 1.165) is 5.56 Å². The minimum atomic E-state index is -0.462. The first-order chi connectivity index (χ1) is 16.9. The zero-order valence-corrected chi connectivity index (χ0v) is 19.8. The molecule has 0 atom stereocenters. The molecule has 0 bridgehead atoms. The van der Waals surface area contributed by atoms with Crippen molar-refractivity contribution >= 4 is 22.6 Å². The summed E-state index contributed by atoms with van der Waals surface area (Å²) in [6.07, 6.45) is 0. The Bertz CT molecular complexity index is 1440. The number of rotatable bonds is 8. The molecule has 0 aliphatic carbocycles. The van der Waals surface area contributed by atoms with Crippen molar-refractivity contribution in [1.82, 2.24) is 0 Å². The number of amides is 1. The number of nitrogens with one attached hydrogen (secondary N) is 1. The van der Waals surface area contributed by atoms with Crippen LogP contribution in [0.25, 0.3) is 22.3 Å². The normalized spacial score (nSPS) is 10.6. The summed E-state index contributed by atoms with van der Waals surface area (Å²) in [4.78, 5) is 26.0. The van der Waals surface area contributed by atoms with E-state index in [9.17, 15) is 9.59 Å². The summed E-state index contributed by atoms with van der Waals surface area (Å²) in [7, 11) is 4.56. The summed E-state index contributed by atoms with van der Waals surface area (Å²) in [6, 6.07) is 17.4. The lowest BCUT2D eigenvalue weighted by atomic mass is 10.1. The van der Waals surface area contributed by atoms with Crippen LogP contribution in [-0.2, 0) is 4.79 Å². The monoisotopic (exact) mass is 475 g/mol. The van der Waals surface area contributed by atoms with Gasteiger partial charge in [-0.3, -0.25) is 9.59 Å². The highest BCUT2D eigenvalue weighted by molar-refractivity contribution is 5.93. The Kier molecular flexibility index (Phi) is 6.91. The van der Waals surface area contributed by atoms with E-state index in [1.165, 1.54) is 21.3 Å². The van der Waals surface area contributed by atoms with Crippen molar-refractivity contribution in [3.63, 3.8) is 0 Å². The van der Waals surface area contributed by atoms with Gasteiger partial charge in [-0.15, -0.1) is 0 Å².